The topological polar surface area (TPSA) is 38.7 Å². The molecule has 0 radical (unpaired) electrons. The Labute approximate surface area is 94.8 Å². The summed E-state index contributed by atoms with van der Waals surface area (Å²) < 4.78 is 23.7. The van der Waals surface area contributed by atoms with Gasteiger partial charge in [0, 0.05) is 18.2 Å². The quantitative estimate of drug-likeness (QED) is 0.838. The predicted molar refractivity (Wildman–Crippen MR) is 59.0 cm³/mol. The van der Waals surface area contributed by atoms with Crippen LogP contribution in [0.4, 0.5) is 4.39 Å². The summed E-state index contributed by atoms with van der Waals surface area (Å²) in [4.78, 5) is 0. The van der Waals surface area contributed by atoms with Crippen LogP contribution in [-0.2, 0) is 10.3 Å². The van der Waals surface area contributed by atoms with Crippen molar-refractivity contribution >= 4 is 0 Å². The first kappa shape index (κ1) is 12.9. The first-order valence-electron chi connectivity index (χ1n) is 5.15. The molecule has 0 aliphatic rings. The Balaban J connectivity index is 2.94. The highest BCUT2D eigenvalue weighted by Gasteiger charge is 2.26. The molecule has 0 spiro atoms. The molecule has 4 heteroatoms. The number of aliphatic hydroxyl groups is 1. The fraction of sp³-hybridized carbons (Fsp3) is 0.500. The molecule has 0 aromatic heterocycles. The average molecular weight is 228 g/mol. The van der Waals surface area contributed by atoms with Crippen LogP contribution in [0, 0.1) is 5.82 Å². The number of halogens is 1. The SMILES string of the molecule is CCOCC(C)(O)c1ccc(OC)cc1F. The van der Waals surface area contributed by atoms with Crippen LogP contribution in [-0.4, -0.2) is 25.4 Å². The maximum Gasteiger partial charge on any atom is 0.133 e. The van der Waals surface area contributed by atoms with Gasteiger partial charge < -0.3 is 14.6 Å². The van der Waals surface area contributed by atoms with Crippen LogP contribution in [0.3, 0.4) is 0 Å². The first-order valence-corrected chi connectivity index (χ1v) is 5.15. The van der Waals surface area contributed by atoms with E-state index in [4.69, 9.17) is 9.47 Å². The van der Waals surface area contributed by atoms with Gasteiger partial charge in [-0.25, -0.2) is 4.39 Å². The van der Waals surface area contributed by atoms with E-state index in [1.54, 1.807) is 6.07 Å². The number of hydrogen-bond acceptors (Lipinski definition) is 3. The molecular weight excluding hydrogens is 211 g/mol. The van der Waals surface area contributed by atoms with Crippen LogP contribution in [0.1, 0.15) is 19.4 Å². The van der Waals surface area contributed by atoms with Crippen LogP contribution in [0.15, 0.2) is 18.2 Å². The lowest BCUT2D eigenvalue weighted by molar-refractivity contribution is -0.0365. The van der Waals surface area contributed by atoms with Gasteiger partial charge in [-0.2, -0.15) is 0 Å². The molecule has 3 nitrogen and oxygen atoms in total. The van der Waals surface area contributed by atoms with Gasteiger partial charge in [0.1, 0.15) is 17.2 Å². The highest BCUT2D eigenvalue weighted by atomic mass is 19.1. The van der Waals surface area contributed by atoms with Crippen molar-refractivity contribution < 1.29 is 19.0 Å². The number of hydrogen-bond donors (Lipinski definition) is 1. The summed E-state index contributed by atoms with van der Waals surface area (Å²) >= 11 is 0. The van der Waals surface area contributed by atoms with Crippen molar-refractivity contribution in [2.45, 2.75) is 19.4 Å². The highest BCUT2D eigenvalue weighted by Crippen LogP contribution is 2.26. The van der Waals surface area contributed by atoms with Gasteiger partial charge in [-0.05, 0) is 26.0 Å². The average Bonchev–Trinajstić information content (AvgIpc) is 2.25. The first-order chi connectivity index (χ1) is 7.51. The van der Waals surface area contributed by atoms with E-state index in [2.05, 4.69) is 0 Å². The number of benzene rings is 1. The third kappa shape index (κ3) is 2.93. The third-order valence-electron chi connectivity index (χ3n) is 2.34. The van der Waals surface area contributed by atoms with E-state index < -0.39 is 11.4 Å². The van der Waals surface area contributed by atoms with E-state index in [0.717, 1.165) is 0 Å². The molecule has 90 valence electrons. The van der Waals surface area contributed by atoms with E-state index in [-0.39, 0.29) is 12.2 Å². The summed E-state index contributed by atoms with van der Waals surface area (Å²) in [5.41, 5.74) is -1.12. The zero-order chi connectivity index (χ0) is 12.2. The molecule has 1 aromatic carbocycles. The van der Waals surface area contributed by atoms with E-state index in [9.17, 15) is 9.50 Å². The van der Waals surface area contributed by atoms with Crippen molar-refractivity contribution in [1.29, 1.82) is 0 Å². The van der Waals surface area contributed by atoms with Crippen molar-refractivity contribution in [2.24, 2.45) is 0 Å². The summed E-state index contributed by atoms with van der Waals surface area (Å²) in [6.07, 6.45) is 0. The van der Waals surface area contributed by atoms with Crippen LogP contribution < -0.4 is 4.74 Å². The molecule has 1 unspecified atom stereocenters. The maximum atomic E-state index is 13.7. The van der Waals surface area contributed by atoms with Gasteiger partial charge in [0.25, 0.3) is 0 Å². The van der Waals surface area contributed by atoms with E-state index >= 15 is 0 Å². The van der Waals surface area contributed by atoms with Gasteiger partial charge in [-0.3, -0.25) is 0 Å². The van der Waals surface area contributed by atoms with Gasteiger partial charge >= 0.3 is 0 Å². The van der Waals surface area contributed by atoms with Gasteiger partial charge in [-0.1, -0.05) is 0 Å². The van der Waals surface area contributed by atoms with Crippen LogP contribution in [0.2, 0.25) is 0 Å². The zero-order valence-corrected chi connectivity index (χ0v) is 9.79. The Hall–Kier alpha value is -1.13. The zero-order valence-electron chi connectivity index (χ0n) is 9.79. The van der Waals surface area contributed by atoms with Crippen LogP contribution >= 0.6 is 0 Å². The molecule has 0 saturated heterocycles. The molecule has 0 saturated carbocycles. The standard InChI is InChI=1S/C12H17FO3/c1-4-16-8-12(2,14)10-6-5-9(15-3)7-11(10)13/h5-7,14H,4,8H2,1-3H3. The Bertz CT molecular complexity index is 350. The van der Waals surface area contributed by atoms with Crippen molar-refractivity contribution in [2.75, 3.05) is 20.3 Å². The molecule has 0 fully saturated rings. The van der Waals surface area contributed by atoms with E-state index in [0.29, 0.717) is 12.4 Å². The second-order valence-corrected chi connectivity index (χ2v) is 3.76. The van der Waals surface area contributed by atoms with Crippen LogP contribution in [0.25, 0.3) is 0 Å². The summed E-state index contributed by atoms with van der Waals surface area (Å²) in [5, 5.41) is 10.1. The van der Waals surface area contributed by atoms with Gasteiger partial charge in [0.15, 0.2) is 0 Å². The molecule has 1 atom stereocenters. The molecule has 0 aliphatic carbocycles. The van der Waals surface area contributed by atoms with Gasteiger partial charge in [0.2, 0.25) is 0 Å². The minimum absolute atomic E-state index is 0.0623. The summed E-state index contributed by atoms with van der Waals surface area (Å²) in [6.45, 7) is 3.88. The molecular formula is C12H17FO3. The lowest BCUT2D eigenvalue weighted by atomic mass is 9.96. The summed E-state index contributed by atoms with van der Waals surface area (Å²) in [6, 6.07) is 4.36. The fourth-order valence-electron chi connectivity index (χ4n) is 1.44. The van der Waals surface area contributed by atoms with E-state index in [1.165, 1.54) is 26.2 Å². The van der Waals surface area contributed by atoms with E-state index in [1.807, 2.05) is 6.92 Å². The van der Waals surface area contributed by atoms with Gasteiger partial charge in [-0.15, -0.1) is 0 Å². The lowest BCUT2D eigenvalue weighted by Crippen LogP contribution is -2.29. The second-order valence-electron chi connectivity index (χ2n) is 3.76. The van der Waals surface area contributed by atoms with Crippen molar-refractivity contribution in [3.63, 3.8) is 0 Å². The molecule has 1 rings (SSSR count). The molecule has 0 heterocycles. The normalized spacial score (nSPS) is 14.6. The highest BCUT2D eigenvalue weighted by molar-refractivity contribution is 5.32. The Morgan fingerprint density at radius 3 is 2.62 bits per heavy atom. The fourth-order valence-corrected chi connectivity index (χ4v) is 1.44. The summed E-state index contributed by atoms with van der Waals surface area (Å²) in [5.74, 6) is -0.0717. The van der Waals surface area contributed by atoms with Crippen molar-refractivity contribution in [3.8, 4) is 5.75 Å². The maximum absolute atomic E-state index is 13.7. The number of ether oxygens (including phenoxy) is 2. The second kappa shape index (κ2) is 5.27. The molecule has 1 N–H and O–H groups in total. The monoisotopic (exact) mass is 228 g/mol. The Morgan fingerprint density at radius 2 is 2.12 bits per heavy atom. The Kier molecular flexibility index (Phi) is 4.26. The summed E-state index contributed by atoms with van der Waals surface area (Å²) in [7, 11) is 1.47. The molecule has 1 aromatic rings. The molecule has 0 bridgehead atoms. The predicted octanol–water partition coefficient (Wildman–Crippen LogP) is 2.08. The number of methoxy groups -OCH3 is 1. The lowest BCUT2D eigenvalue weighted by Gasteiger charge is -2.24. The largest absolute Gasteiger partial charge is 0.497 e. The smallest absolute Gasteiger partial charge is 0.133 e. The minimum Gasteiger partial charge on any atom is -0.497 e. The molecule has 16 heavy (non-hydrogen) atoms. The minimum atomic E-state index is -1.33. The van der Waals surface area contributed by atoms with Gasteiger partial charge in [0.05, 0.1) is 13.7 Å². The van der Waals surface area contributed by atoms with Crippen molar-refractivity contribution in [1.82, 2.24) is 0 Å². The molecule has 0 amide bonds. The van der Waals surface area contributed by atoms with Crippen molar-refractivity contribution in [3.05, 3.63) is 29.6 Å². The Morgan fingerprint density at radius 1 is 1.44 bits per heavy atom. The molecule has 0 aliphatic heterocycles. The number of rotatable bonds is 5. The third-order valence-corrected chi connectivity index (χ3v) is 2.34. The van der Waals surface area contributed by atoms with Crippen LogP contribution in [0.5, 0.6) is 5.75 Å².